The number of hydrogen-bond acceptors (Lipinski definition) is 5. The maximum atomic E-state index is 11.8. The van der Waals surface area contributed by atoms with Gasteiger partial charge in [-0.3, -0.25) is 4.79 Å². The first-order chi connectivity index (χ1) is 13.1. The molecule has 0 spiro atoms. The Kier molecular flexibility index (Phi) is 10.5. The maximum absolute atomic E-state index is 11.8. The molecule has 0 aromatic carbocycles. The monoisotopic (exact) mass is 384 g/mol. The van der Waals surface area contributed by atoms with Crippen LogP contribution in [0.4, 0.5) is 0 Å². The van der Waals surface area contributed by atoms with Crippen LogP contribution in [0.25, 0.3) is 0 Å². The maximum Gasteiger partial charge on any atom is 0.243 e. The Labute approximate surface area is 163 Å². The van der Waals surface area contributed by atoms with E-state index in [1.165, 1.54) is 6.42 Å². The Morgan fingerprint density at radius 2 is 1.89 bits per heavy atom. The lowest BCUT2D eigenvalue weighted by Crippen LogP contribution is -2.43. The van der Waals surface area contributed by atoms with Crippen LogP contribution in [0.15, 0.2) is 4.99 Å². The number of hydrogen-bond donors (Lipinski definition) is 2. The molecule has 0 bridgehead atoms. The SMILES string of the molecule is CN(C)C(=O)CN=C(NCCCOCC1CCCO1)NCC1CCCCO1. The molecule has 2 rings (SSSR count). The largest absolute Gasteiger partial charge is 0.379 e. The van der Waals surface area contributed by atoms with E-state index in [4.69, 9.17) is 14.2 Å². The van der Waals surface area contributed by atoms with E-state index in [1.54, 1.807) is 19.0 Å². The van der Waals surface area contributed by atoms with Crippen LogP contribution >= 0.6 is 0 Å². The topological polar surface area (TPSA) is 84.4 Å². The number of nitrogens with one attached hydrogen (secondary N) is 2. The molecule has 2 fully saturated rings. The summed E-state index contributed by atoms with van der Waals surface area (Å²) in [4.78, 5) is 17.7. The molecule has 2 aliphatic rings. The molecule has 2 unspecified atom stereocenters. The molecule has 0 aromatic rings. The molecule has 2 N–H and O–H groups in total. The Balaban J connectivity index is 1.65. The van der Waals surface area contributed by atoms with Crippen LogP contribution in [0.3, 0.4) is 0 Å². The Morgan fingerprint density at radius 3 is 2.59 bits per heavy atom. The molecule has 2 saturated heterocycles. The Morgan fingerprint density at radius 1 is 1.11 bits per heavy atom. The third kappa shape index (κ3) is 9.39. The zero-order valence-electron chi connectivity index (χ0n) is 16.9. The van der Waals surface area contributed by atoms with Crippen molar-refractivity contribution < 1.29 is 19.0 Å². The lowest BCUT2D eigenvalue weighted by molar-refractivity contribution is -0.127. The highest BCUT2D eigenvalue weighted by atomic mass is 16.5. The van der Waals surface area contributed by atoms with E-state index in [1.807, 2.05) is 0 Å². The van der Waals surface area contributed by atoms with Gasteiger partial charge in [0.15, 0.2) is 5.96 Å². The minimum absolute atomic E-state index is 0.0232. The molecular formula is C19H36N4O4. The van der Waals surface area contributed by atoms with Crippen LogP contribution in [0.5, 0.6) is 0 Å². The smallest absolute Gasteiger partial charge is 0.243 e. The molecule has 2 atom stereocenters. The van der Waals surface area contributed by atoms with Crippen LogP contribution in [0.1, 0.15) is 38.5 Å². The molecule has 0 aliphatic carbocycles. The van der Waals surface area contributed by atoms with E-state index in [-0.39, 0.29) is 24.7 Å². The van der Waals surface area contributed by atoms with Crippen molar-refractivity contribution in [2.24, 2.45) is 4.99 Å². The average molecular weight is 385 g/mol. The van der Waals surface area contributed by atoms with Crippen molar-refractivity contribution in [3.63, 3.8) is 0 Å². The highest BCUT2D eigenvalue weighted by Crippen LogP contribution is 2.12. The van der Waals surface area contributed by atoms with Crippen LogP contribution in [0.2, 0.25) is 0 Å². The van der Waals surface area contributed by atoms with Gasteiger partial charge in [-0.1, -0.05) is 0 Å². The van der Waals surface area contributed by atoms with Gasteiger partial charge in [-0.2, -0.15) is 0 Å². The van der Waals surface area contributed by atoms with Gasteiger partial charge >= 0.3 is 0 Å². The Hall–Kier alpha value is -1.38. The van der Waals surface area contributed by atoms with Gasteiger partial charge in [0.2, 0.25) is 5.91 Å². The molecule has 0 aromatic heterocycles. The summed E-state index contributed by atoms with van der Waals surface area (Å²) in [7, 11) is 3.47. The van der Waals surface area contributed by atoms with Crippen molar-refractivity contribution >= 4 is 11.9 Å². The third-order valence-corrected chi connectivity index (χ3v) is 4.73. The fourth-order valence-electron chi connectivity index (χ4n) is 3.01. The number of nitrogens with zero attached hydrogens (tertiary/aromatic N) is 2. The van der Waals surface area contributed by atoms with Crippen molar-refractivity contribution in [2.75, 3.05) is 60.2 Å². The number of likely N-dealkylation sites (N-methyl/N-ethyl adjacent to an activating group) is 1. The van der Waals surface area contributed by atoms with Crippen molar-refractivity contribution in [1.82, 2.24) is 15.5 Å². The van der Waals surface area contributed by atoms with E-state index in [0.29, 0.717) is 25.7 Å². The van der Waals surface area contributed by atoms with E-state index < -0.39 is 0 Å². The van der Waals surface area contributed by atoms with Crippen molar-refractivity contribution in [1.29, 1.82) is 0 Å². The van der Waals surface area contributed by atoms with Crippen molar-refractivity contribution in [3.8, 4) is 0 Å². The summed E-state index contributed by atoms with van der Waals surface area (Å²) in [5.74, 6) is 0.628. The highest BCUT2D eigenvalue weighted by Gasteiger charge is 2.16. The van der Waals surface area contributed by atoms with E-state index in [2.05, 4.69) is 15.6 Å². The predicted molar refractivity (Wildman–Crippen MR) is 105 cm³/mol. The molecule has 8 nitrogen and oxygen atoms in total. The number of ether oxygens (including phenoxy) is 3. The average Bonchev–Trinajstić information content (AvgIpc) is 3.20. The highest BCUT2D eigenvalue weighted by molar-refractivity contribution is 5.84. The third-order valence-electron chi connectivity index (χ3n) is 4.73. The standard InChI is InChI=1S/C19H36N4O4/c1-23(2)18(24)14-22-19(21-13-16-7-3-4-11-26-16)20-9-6-10-25-15-17-8-5-12-27-17/h16-17H,3-15H2,1-2H3,(H2,20,21,22). The van der Waals surface area contributed by atoms with Crippen LogP contribution in [0, 0.1) is 0 Å². The summed E-state index contributed by atoms with van der Waals surface area (Å²) in [6, 6.07) is 0. The lowest BCUT2D eigenvalue weighted by atomic mass is 10.1. The summed E-state index contributed by atoms with van der Waals surface area (Å²) in [6.07, 6.45) is 6.99. The zero-order valence-corrected chi connectivity index (χ0v) is 16.9. The quantitative estimate of drug-likeness (QED) is 0.329. The number of carbonyl (C=O) groups is 1. The minimum atomic E-state index is -0.0232. The van der Waals surface area contributed by atoms with Crippen LogP contribution in [-0.4, -0.2) is 89.1 Å². The number of guanidine groups is 1. The predicted octanol–water partition coefficient (Wildman–Crippen LogP) is 0.765. The molecule has 156 valence electrons. The molecule has 2 heterocycles. The van der Waals surface area contributed by atoms with Gasteiger partial charge in [-0.05, 0) is 38.5 Å². The molecule has 2 aliphatic heterocycles. The van der Waals surface area contributed by atoms with Gasteiger partial charge in [-0.25, -0.2) is 4.99 Å². The first kappa shape index (κ1) is 21.9. The van der Waals surface area contributed by atoms with Gasteiger partial charge in [0.1, 0.15) is 6.54 Å². The first-order valence-electron chi connectivity index (χ1n) is 10.2. The summed E-state index contributed by atoms with van der Waals surface area (Å²) in [6.45, 7) is 4.61. The molecule has 0 radical (unpaired) electrons. The van der Waals surface area contributed by atoms with Crippen molar-refractivity contribution in [2.45, 2.75) is 50.7 Å². The van der Waals surface area contributed by atoms with E-state index >= 15 is 0 Å². The lowest BCUT2D eigenvalue weighted by Gasteiger charge is -2.24. The number of amides is 1. The van der Waals surface area contributed by atoms with Gasteiger partial charge in [0, 0.05) is 47.0 Å². The van der Waals surface area contributed by atoms with Gasteiger partial charge in [0.05, 0.1) is 18.8 Å². The molecule has 27 heavy (non-hydrogen) atoms. The summed E-state index contributed by atoms with van der Waals surface area (Å²) >= 11 is 0. The van der Waals surface area contributed by atoms with Crippen molar-refractivity contribution in [3.05, 3.63) is 0 Å². The van der Waals surface area contributed by atoms with Gasteiger partial charge in [0.25, 0.3) is 0 Å². The second-order valence-corrected chi connectivity index (χ2v) is 7.31. The molecule has 0 saturated carbocycles. The normalized spacial score (nSPS) is 23.3. The number of aliphatic imine (C=N–C) groups is 1. The molecular weight excluding hydrogens is 348 g/mol. The molecule has 8 heteroatoms. The number of carbonyl (C=O) groups excluding carboxylic acids is 1. The van der Waals surface area contributed by atoms with Crippen LogP contribution < -0.4 is 10.6 Å². The van der Waals surface area contributed by atoms with Gasteiger partial charge < -0.3 is 29.7 Å². The number of rotatable bonds is 10. The minimum Gasteiger partial charge on any atom is -0.379 e. The summed E-state index contributed by atoms with van der Waals surface area (Å²) in [5, 5.41) is 6.59. The van der Waals surface area contributed by atoms with E-state index in [0.717, 1.165) is 51.9 Å². The molecule has 1 amide bonds. The van der Waals surface area contributed by atoms with E-state index in [9.17, 15) is 4.79 Å². The fraction of sp³-hybridized carbons (Fsp3) is 0.895. The second-order valence-electron chi connectivity index (χ2n) is 7.31. The second kappa shape index (κ2) is 12.9. The van der Waals surface area contributed by atoms with Gasteiger partial charge in [-0.15, -0.1) is 0 Å². The summed E-state index contributed by atoms with van der Waals surface area (Å²) < 4.78 is 17.0. The van der Waals surface area contributed by atoms with Crippen LogP contribution in [-0.2, 0) is 19.0 Å². The fourth-order valence-corrected chi connectivity index (χ4v) is 3.01. The summed E-state index contributed by atoms with van der Waals surface area (Å²) in [5.41, 5.74) is 0. The first-order valence-corrected chi connectivity index (χ1v) is 10.2. The zero-order chi connectivity index (χ0) is 19.3. The Bertz CT molecular complexity index is 447.